The second-order valence-electron chi connectivity index (χ2n) is 4.67. The molecule has 1 aromatic heterocycles. The molecule has 0 atom stereocenters. The quantitative estimate of drug-likeness (QED) is 0.781. The summed E-state index contributed by atoms with van der Waals surface area (Å²) in [4.78, 5) is 15.5. The van der Waals surface area contributed by atoms with Crippen molar-refractivity contribution in [3.63, 3.8) is 0 Å². The zero-order chi connectivity index (χ0) is 16.2. The van der Waals surface area contributed by atoms with Crippen molar-refractivity contribution in [3.8, 4) is 17.2 Å². The van der Waals surface area contributed by atoms with E-state index in [1.807, 2.05) is 0 Å². The van der Waals surface area contributed by atoms with Gasteiger partial charge in [-0.05, 0) is 36.4 Å². The van der Waals surface area contributed by atoms with Gasteiger partial charge in [0, 0.05) is 5.56 Å². The molecular weight excluding hydrogens is 301 g/mol. The van der Waals surface area contributed by atoms with Crippen LogP contribution in [0.2, 0.25) is 0 Å². The number of aromatic nitrogens is 2. The number of hydrogen-bond donors (Lipinski definition) is 1. The Morgan fingerprint density at radius 2 is 1.91 bits per heavy atom. The van der Waals surface area contributed by atoms with Crippen LogP contribution >= 0.6 is 0 Å². The zero-order valence-electron chi connectivity index (χ0n) is 11.9. The van der Waals surface area contributed by atoms with Crippen molar-refractivity contribution in [2.45, 2.75) is 6.61 Å². The number of nitrogens with two attached hydrogens (primary N) is 1. The molecule has 6 nitrogen and oxygen atoms in total. The normalized spacial score (nSPS) is 10.5. The van der Waals surface area contributed by atoms with Crippen molar-refractivity contribution in [1.82, 2.24) is 10.1 Å². The van der Waals surface area contributed by atoms with E-state index >= 15 is 0 Å². The van der Waals surface area contributed by atoms with Crippen LogP contribution in [-0.2, 0) is 6.61 Å². The Balaban J connectivity index is 1.73. The zero-order valence-corrected chi connectivity index (χ0v) is 11.9. The summed E-state index contributed by atoms with van der Waals surface area (Å²) in [5, 5.41) is 3.78. The van der Waals surface area contributed by atoms with Gasteiger partial charge in [-0.3, -0.25) is 4.79 Å². The Morgan fingerprint density at radius 1 is 1.17 bits per heavy atom. The number of carbonyl (C=O) groups is 1. The van der Waals surface area contributed by atoms with Crippen LogP contribution in [0.15, 0.2) is 53.1 Å². The molecule has 1 heterocycles. The minimum Gasteiger partial charge on any atom is -0.485 e. The maximum atomic E-state index is 12.9. The van der Waals surface area contributed by atoms with Gasteiger partial charge >= 0.3 is 0 Å². The summed E-state index contributed by atoms with van der Waals surface area (Å²) in [7, 11) is 0. The summed E-state index contributed by atoms with van der Waals surface area (Å²) in [5.41, 5.74) is 6.15. The van der Waals surface area contributed by atoms with Gasteiger partial charge in [0.2, 0.25) is 5.82 Å². The largest absolute Gasteiger partial charge is 0.485 e. The summed E-state index contributed by atoms with van der Waals surface area (Å²) in [6, 6.07) is 12.3. The van der Waals surface area contributed by atoms with Crippen LogP contribution in [0.25, 0.3) is 11.5 Å². The van der Waals surface area contributed by atoms with E-state index in [1.165, 1.54) is 24.3 Å². The van der Waals surface area contributed by atoms with Gasteiger partial charge in [0.25, 0.3) is 11.8 Å². The van der Waals surface area contributed by atoms with Crippen LogP contribution in [0, 0.1) is 5.82 Å². The summed E-state index contributed by atoms with van der Waals surface area (Å²) in [6.45, 7) is 0.00892. The molecule has 0 spiro atoms. The van der Waals surface area contributed by atoms with Crippen molar-refractivity contribution in [2.24, 2.45) is 5.73 Å². The molecule has 23 heavy (non-hydrogen) atoms. The van der Waals surface area contributed by atoms with E-state index in [0.29, 0.717) is 17.1 Å². The van der Waals surface area contributed by atoms with Crippen LogP contribution in [0.4, 0.5) is 4.39 Å². The number of carbonyl (C=O) groups excluding carboxylic acids is 1. The predicted octanol–water partition coefficient (Wildman–Crippen LogP) is 2.55. The van der Waals surface area contributed by atoms with Crippen molar-refractivity contribution in [1.29, 1.82) is 0 Å². The van der Waals surface area contributed by atoms with E-state index in [1.54, 1.807) is 24.3 Å². The fourth-order valence-corrected chi connectivity index (χ4v) is 1.96. The average Bonchev–Trinajstić information content (AvgIpc) is 3.03. The monoisotopic (exact) mass is 313 g/mol. The standard InChI is InChI=1S/C16H12FN3O3/c17-11-7-5-10(6-8-11)16-19-14(20-23-16)9-22-13-4-2-1-3-12(13)15(18)21/h1-8H,9H2,(H2,18,21). The number of amides is 1. The molecule has 3 aromatic rings. The fraction of sp³-hybridized carbons (Fsp3) is 0.0625. The molecule has 0 saturated carbocycles. The summed E-state index contributed by atoms with van der Waals surface area (Å²) < 4.78 is 23.5. The van der Waals surface area contributed by atoms with Crippen molar-refractivity contribution in [3.05, 3.63) is 65.7 Å². The maximum absolute atomic E-state index is 12.9. The predicted molar refractivity (Wildman–Crippen MR) is 79.0 cm³/mol. The van der Waals surface area contributed by atoms with Gasteiger partial charge < -0.3 is 15.0 Å². The Hall–Kier alpha value is -3.22. The molecule has 0 aliphatic carbocycles. The number of rotatable bonds is 5. The van der Waals surface area contributed by atoms with E-state index in [-0.39, 0.29) is 23.9 Å². The first-order valence-corrected chi connectivity index (χ1v) is 6.73. The lowest BCUT2D eigenvalue weighted by molar-refractivity contribution is 0.0995. The van der Waals surface area contributed by atoms with Crippen molar-refractivity contribution < 1.29 is 18.4 Å². The van der Waals surface area contributed by atoms with Crippen molar-refractivity contribution in [2.75, 3.05) is 0 Å². The topological polar surface area (TPSA) is 91.2 Å². The first-order chi connectivity index (χ1) is 11.1. The highest BCUT2D eigenvalue weighted by atomic mass is 19.1. The number of para-hydroxylation sites is 1. The Kier molecular flexibility index (Phi) is 4.01. The van der Waals surface area contributed by atoms with Gasteiger partial charge in [-0.15, -0.1) is 0 Å². The van der Waals surface area contributed by atoms with Crippen LogP contribution in [-0.4, -0.2) is 16.0 Å². The van der Waals surface area contributed by atoms with Gasteiger partial charge in [0.05, 0.1) is 5.56 Å². The van der Waals surface area contributed by atoms with Crippen LogP contribution in [0.1, 0.15) is 16.2 Å². The minimum atomic E-state index is -0.583. The minimum absolute atomic E-state index is 0.00892. The Morgan fingerprint density at radius 3 is 2.65 bits per heavy atom. The van der Waals surface area contributed by atoms with E-state index in [2.05, 4.69) is 10.1 Å². The molecule has 0 aliphatic rings. The van der Waals surface area contributed by atoms with E-state index < -0.39 is 5.91 Å². The highest BCUT2D eigenvalue weighted by molar-refractivity contribution is 5.95. The molecule has 2 N–H and O–H groups in total. The Bertz CT molecular complexity index is 831. The van der Waals surface area contributed by atoms with Gasteiger partial charge in [-0.2, -0.15) is 4.98 Å². The second kappa shape index (κ2) is 6.27. The van der Waals surface area contributed by atoms with Crippen LogP contribution in [0.3, 0.4) is 0 Å². The third kappa shape index (κ3) is 3.34. The van der Waals surface area contributed by atoms with Gasteiger partial charge in [0.15, 0.2) is 6.61 Å². The molecule has 7 heteroatoms. The number of primary amides is 1. The number of halogens is 1. The molecule has 0 aliphatic heterocycles. The average molecular weight is 313 g/mol. The molecular formula is C16H12FN3O3. The van der Waals surface area contributed by atoms with Gasteiger partial charge in [0.1, 0.15) is 11.6 Å². The molecule has 0 radical (unpaired) electrons. The first kappa shape index (κ1) is 14.7. The molecule has 1 amide bonds. The smallest absolute Gasteiger partial charge is 0.258 e. The number of benzene rings is 2. The highest BCUT2D eigenvalue weighted by Gasteiger charge is 2.12. The van der Waals surface area contributed by atoms with Crippen molar-refractivity contribution >= 4 is 5.91 Å². The van der Waals surface area contributed by atoms with Gasteiger partial charge in [-0.1, -0.05) is 17.3 Å². The van der Waals surface area contributed by atoms with E-state index in [0.717, 1.165) is 0 Å². The Labute approximate surface area is 130 Å². The third-order valence-electron chi connectivity index (χ3n) is 3.07. The second-order valence-corrected chi connectivity index (χ2v) is 4.67. The summed E-state index contributed by atoms with van der Waals surface area (Å²) in [5.74, 6) is -0.0379. The maximum Gasteiger partial charge on any atom is 0.258 e. The molecule has 3 rings (SSSR count). The molecule has 2 aromatic carbocycles. The lowest BCUT2D eigenvalue weighted by atomic mass is 10.2. The van der Waals surface area contributed by atoms with Gasteiger partial charge in [-0.25, -0.2) is 4.39 Å². The fourth-order valence-electron chi connectivity index (χ4n) is 1.96. The highest BCUT2D eigenvalue weighted by Crippen LogP contribution is 2.20. The molecule has 0 fully saturated rings. The summed E-state index contributed by atoms with van der Waals surface area (Å²) in [6.07, 6.45) is 0. The SMILES string of the molecule is NC(=O)c1ccccc1OCc1noc(-c2ccc(F)cc2)n1. The van der Waals surface area contributed by atoms with E-state index in [9.17, 15) is 9.18 Å². The van der Waals surface area contributed by atoms with E-state index in [4.69, 9.17) is 15.0 Å². The number of nitrogens with zero attached hydrogens (tertiary/aromatic N) is 2. The van der Waals surface area contributed by atoms with Crippen LogP contribution < -0.4 is 10.5 Å². The number of ether oxygens (including phenoxy) is 1. The molecule has 0 bridgehead atoms. The molecule has 0 unspecified atom stereocenters. The number of hydrogen-bond acceptors (Lipinski definition) is 5. The lowest BCUT2D eigenvalue weighted by Gasteiger charge is -2.06. The van der Waals surface area contributed by atoms with Crippen LogP contribution in [0.5, 0.6) is 5.75 Å². The third-order valence-corrected chi connectivity index (χ3v) is 3.07. The molecule has 116 valence electrons. The molecule has 0 saturated heterocycles. The summed E-state index contributed by atoms with van der Waals surface area (Å²) >= 11 is 0. The lowest BCUT2D eigenvalue weighted by Crippen LogP contribution is -2.13. The first-order valence-electron chi connectivity index (χ1n) is 6.73.